The van der Waals surface area contributed by atoms with Gasteiger partial charge in [0.2, 0.25) is 5.95 Å². The number of hydrogen-bond acceptors (Lipinski definition) is 7. The molecule has 2 saturated carbocycles. The molecule has 10 heteroatoms. The molecule has 1 amide bonds. The van der Waals surface area contributed by atoms with Gasteiger partial charge in [-0.15, -0.1) is 0 Å². The van der Waals surface area contributed by atoms with Gasteiger partial charge >= 0.3 is 6.09 Å². The van der Waals surface area contributed by atoms with E-state index in [0.29, 0.717) is 35.4 Å². The molecule has 0 aromatic carbocycles. The van der Waals surface area contributed by atoms with Crippen LogP contribution in [-0.4, -0.2) is 54.7 Å². The molecule has 4 N–H and O–H groups in total. The molecular formula is C28H42N8O2. The zero-order valence-electron chi connectivity index (χ0n) is 22.7. The lowest BCUT2D eigenvalue weighted by Gasteiger charge is -2.37. The summed E-state index contributed by atoms with van der Waals surface area (Å²) in [6, 6.07) is 1.26. The van der Waals surface area contributed by atoms with E-state index in [1.54, 1.807) is 0 Å². The molecule has 4 fully saturated rings. The quantitative estimate of drug-likeness (QED) is 0.284. The van der Waals surface area contributed by atoms with Crippen LogP contribution in [0.25, 0.3) is 11.2 Å². The highest BCUT2D eigenvalue weighted by molar-refractivity contribution is 6.03. The van der Waals surface area contributed by atoms with Gasteiger partial charge in [-0.1, -0.05) is 26.2 Å². The number of amides is 1. The normalized spacial score (nSPS) is 28.2. The average Bonchev–Trinajstić information content (AvgIpc) is 3.31. The fourth-order valence-corrected chi connectivity index (χ4v) is 7.26. The Labute approximate surface area is 224 Å². The second kappa shape index (κ2) is 10.3. The van der Waals surface area contributed by atoms with Gasteiger partial charge in [0.1, 0.15) is 5.52 Å². The molecule has 38 heavy (non-hydrogen) atoms. The van der Waals surface area contributed by atoms with Gasteiger partial charge in [0, 0.05) is 24.7 Å². The molecule has 0 radical (unpaired) electrons. The number of piperidine rings is 1. The number of anilines is 2. The second-order valence-corrected chi connectivity index (χ2v) is 12.4. The Morgan fingerprint density at radius 2 is 1.68 bits per heavy atom. The summed E-state index contributed by atoms with van der Waals surface area (Å²) in [5, 5.41) is 23.3. The Morgan fingerprint density at radius 3 is 2.32 bits per heavy atom. The van der Waals surface area contributed by atoms with Crippen LogP contribution in [0.2, 0.25) is 0 Å². The van der Waals surface area contributed by atoms with Crippen molar-refractivity contribution in [3.63, 3.8) is 0 Å². The maximum Gasteiger partial charge on any atom is 0.410 e. The Bertz CT molecular complexity index is 1180. The minimum Gasteiger partial charge on any atom is -0.465 e. The van der Waals surface area contributed by atoms with Crippen molar-refractivity contribution >= 4 is 34.9 Å². The van der Waals surface area contributed by atoms with Gasteiger partial charge in [0.15, 0.2) is 23.1 Å². The van der Waals surface area contributed by atoms with Gasteiger partial charge in [-0.2, -0.15) is 4.98 Å². The number of imidazole rings is 1. The van der Waals surface area contributed by atoms with Crippen molar-refractivity contribution in [1.29, 1.82) is 5.41 Å². The lowest BCUT2D eigenvalue weighted by atomic mass is 9.80. The van der Waals surface area contributed by atoms with Crippen LogP contribution in [0.5, 0.6) is 0 Å². The van der Waals surface area contributed by atoms with Crippen LogP contribution in [0.3, 0.4) is 0 Å². The summed E-state index contributed by atoms with van der Waals surface area (Å²) >= 11 is 0. The van der Waals surface area contributed by atoms with Crippen molar-refractivity contribution in [3.05, 3.63) is 5.82 Å². The van der Waals surface area contributed by atoms with Gasteiger partial charge in [-0.3, -0.25) is 10.7 Å². The molecule has 206 valence electrons. The molecule has 2 aliphatic heterocycles. The van der Waals surface area contributed by atoms with Crippen molar-refractivity contribution in [2.45, 2.75) is 116 Å². The summed E-state index contributed by atoms with van der Waals surface area (Å²) in [5.41, 5.74) is 1.46. The highest BCUT2D eigenvalue weighted by Gasteiger charge is 2.40. The predicted molar refractivity (Wildman–Crippen MR) is 148 cm³/mol. The average molecular weight is 523 g/mol. The summed E-state index contributed by atoms with van der Waals surface area (Å²) in [4.78, 5) is 28.4. The first-order valence-electron chi connectivity index (χ1n) is 14.8. The summed E-state index contributed by atoms with van der Waals surface area (Å²) in [6.07, 6.45) is 13.5. The highest BCUT2D eigenvalue weighted by Crippen LogP contribution is 2.42. The number of fused-ring (bicyclic) bond motifs is 3. The summed E-state index contributed by atoms with van der Waals surface area (Å²) in [6.45, 7) is 5.46. The fraction of sp³-hybridized carbons (Fsp3) is 0.750. The Morgan fingerprint density at radius 1 is 1.00 bits per heavy atom. The molecule has 2 unspecified atom stereocenters. The van der Waals surface area contributed by atoms with Crippen molar-refractivity contribution in [2.24, 2.45) is 17.8 Å². The van der Waals surface area contributed by atoms with Crippen molar-refractivity contribution < 1.29 is 9.90 Å². The predicted octanol–water partition coefficient (Wildman–Crippen LogP) is 5.37. The van der Waals surface area contributed by atoms with E-state index in [-0.39, 0.29) is 17.7 Å². The standard InChI is InChI=1S/C28H42N8O2/c1-16-9-11-18(12-10-16)15-35-22-24(30-17(2)19-5-3-6-19)32-26(23(29)31-28(37)38)33-25(22)34-27(35)36-20-7-4-8-21(36)14-13-20/h16-21H,3-15H2,1-2H3,(H2,29,31)(H,37,38)(H,30,32,33)/t16-,17-,18-,20?,21?/m1/s1. The summed E-state index contributed by atoms with van der Waals surface area (Å²) < 4.78 is 2.39. The Kier molecular flexibility index (Phi) is 6.90. The van der Waals surface area contributed by atoms with Crippen LogP contribution in [0.1, 0.15) is 96.7 Å². The molecule has 2 aromatic heterocycles. The van der Waals surface area contributed by atoms with Crippen molar-refractivity contribution in [2.75, 3.05) is 10.2 Å². The van der Waals surface area contributed by atoms with E-state index in [4.69, 9.17) is 15.4 Å². The summed E-state index contributed by atoms with van der Waals surface area (Å²) in [7, 11) is 0. The number of hydrogen-bond donors (Lipinski definition) is 4. The SMILES string of the molecule is C[C@@H](Nc1nc(C(=N)NC(=O)O)nc2nc(N3C4CCCC3CC4)n(C[C@H]3CC[C@H](C)CC3)c12)C1CCC1. The minimum atomic E-state index is -1.29. The minimum absolute atomic E-state index is 0.0625. The first-order valence-corrected chi connectivity index (χ1v) is 14.8. The Hall–Kier alpha value is -2.91. The molecule has 2 bridgehead atoms. The van der Waals surface area contributed by atoms with Crippen LogP contribution in [-0.2, 0) is 6.54 Å². The zero-order chi connectivity index (χ0) is 26.4. The van der Waals surface area contributed by atoms with E-state index in [2.05, 4.69) is 38.9 Å². The third kappa shape index (κ3) is 4.82. The van der Waals surface area contributed by atoms with E-state index in [9.17, 15) is 9.90 Å². The van der Waals surface area contributed by atoms with E-state index < -0.39 is 6.09 Å². The molecule has 3 atom stereocenters. The second-order valence-electron chi connectivity index (χ2n) is 12.4. The van der Waals surface area contributed by atoms with E-state index >= 15 is 0 Å². The maximum atomic E-state index is 11.3. The molecule has 10 nitrogen and oxygen atoms in total. The first kappa shape index (κ1) is 25.4. The maximum absolute atomic E-state index is 11.3. The van der Waals surface area contributed by atoms with Crippen molar-refractivity contribution in [3.8, 4) is 0 Å². The highest BCUT2D eigenvalue weighted by atomic mass is 16.4. The molecule has 0 spiro atoms. The van der Waals surface area contributed by atoms with Gasteiger partial charge < -0.3 is 19.9 Å². The Balaban J connectivity index is 1.46. The molecule has 4 aliphatic rings. The van der Waals surface area contributed by atoms with E-state index in [0.717, 1.165) is 23.9 Å². The fourth-order valence-electron chi connectivity index (χ4n) is 7.26. The van der Waals surface area contributed by atoms with Gasteiger partial charge in [-0.25, -0.2) is 14.8 Å². The van der Waals surface area contributed by atoms with E-state index in [1.807, 2.05) is 0 Å². The van der Waals surface area contributed by atoms with E-state index in [1.165, 1.54) is 77.0 Å². The van der Waals surface area contributed by atoms with Crippen LogP contribution in [0.4, 0.5) is 16.6 Å². The van der Waals surface area contributed by atoms with Crippen LogP contribution in [0, 0.1) is 23.2 Å². The third-order valence-corrected chi connectivity index (χ3v) is 9.76. The third-order valence-electron chi connectivity index (χ3n) is 9.76. The monoisotopic (exact) mass is 522 g/mol. The number of aromatic nitrogens is 4. The molecule has 2 aromatic rings. The van der Waals surface area contributed by atoms with Crippen molar-refractivity contribution in [1.82, 2.24) is 24.8 Å². The topological polar surface area (TPSA) is 132 Å². The number of rotatable bonds is 7. The first-order chi connectivity index (χ1) is 18.4. The van der Waals surface area contributed by atoms with Crippen LogP contribution in [0.15, 0.2) is 0 Å². The number of carboxylic acid groups (broad SMARTS) is 1. The number of carbonyl (C=O) groups is 1. The summed E-state index contributed by atoms with van der Waals surface area (Å²) in [5.74, 6) is 3.38. The lowest BCUT2D eigenvalue weighted by molar-refractivity contribution is 0.200. The van der Waals surface area contributed by atoms with Gasteiger partial charge in [0.05, 0.1) is 0 Å². The molecular weight excluding hydrogens is 480 g/mol. The largest absolute Gasteiger partial charge is 0.465 e. The van der Waals surface area contributed by atoms with Gasteiger partial charge in [-0.05, 0) is 82.5 Å². The molecule has 4 heterocycles. The smallest absolute Gasteiger partial charge is 0.410 e. The van der Waals surface area contributed by atoms with Crippen LogP contribution >= 0.6 is 0 Å². The molecule has 2 aliphatic carbocycles. The zero-order valence-corrected chi connectivity index (χ0v) is 22.7. The van der Waals surface area contributed by atoms with Crippen LogP contribution < -0.4 is 15.5 Å². The number of amidine groups is 1. The number of nitrogens with one attached hydrogen (secondary N) is 3. The molecule has 2 saturated heterocycles. The lowest BCUT2D eigenvalue weighted by Crippen LogP contribution is -2.41. The van der Waals surface area contributed by atoms with Gasteiger partial charge in [0.25, 0.3) is 0 Å². The molecule has 6 rings (SSSR count). The number of nitrogens with zero attached hydrogens (tertiary/aromatic N) is 5.